The van der Waals surface area contributed by atoms with E-state index in [0.717, 1.165) is 12.1 Å². The first-order chi connectivity index (χ1) is 10.1. The first-order valence-electron chi connectivity index (χ1n) is 7.53. The lowest BCUT2D eigenvalue weighted by Crippen LogP contribution is -2.16. The standard InChI is InChI=1S/C15H22N4.C2H6/c1-5-6-15(18(3)10-9-16)8-7-13(2)14-11-17-19(4)12-14;1-2/h6-8,11-13H,5,10H2,1-4H3;1-2H3/b8-7-,15-6+;. The molecule has 0 saturated carbocycles. The van der Waals surface area contributed by atoms with Crippen molar-refractivity contribution in [2.75, 3.05) is 13.6 Å². The Morgan fingerprint density at radius 2 is 2.19 bits per heavy atom. The summed E-state index contributed by atoms with van der Waals surface area (Å²) in [5.41, 5.74) is 2.28. The summed E-state index contributed by atoms with van der Waals surface area (Å²) in [5.74, 6) is 0.310. The lowest BCUT2D eigenvalue weighted by molar-refractivity contribution is 0.482. The molecule has 21 heavy (non-hydrogen) atoms. The van der Waals surface area contributed by atoms with Gasteiger partial charge in [0.05, 0.1) is 12.3 Å². The summed E-state index contributed by atoms with van der Waals surface area (Å²) >= 11 is 0. The van der Waals surface area contributed by atoms with E-state index in [1.54, 1.807) is 0 Å². The molecule has 0 radical (unpaired) electrons. The molecule has 1 atom stereocenters. The minimum atomic E-state index is 0.310. The van der Waals surface area contributed by atoms with Crippen molar-refractivity contribution in [2.45, 2.75) is 40.0 Å². The van der Waals surface area contributed by atoms with Crippen molar-refractivity contribution >= 4 is 0 Å². The summed E-state index contributed by atoms with van der Waals surface area (Å²) in [6.07, 6.45) is 11.2. The molecule has 0 N–H and O–H groups in total. The molecule has 0 spiro atoms. The lowest BCUT2D eigenvalue weighted by Gasteiger charge is -2.17. The van der Waals surface area contributed by atoms with Gasteiger partial charge >= 0.3 is 0 Å². The van der Waals surface area contributed by atoms with Gasteiger partial charge in [0.1, 0.15) is 6.54 Å². The van der Waals surface area contributed by atoms with Crippen LogP contribution in [0.15, 0.2) is 36.3 Å². The van der Waals surface area contributed by atoms with Gasteiger partial charge in [0, 0.05) is 31.9 Å². The zero-order chi connectivity index (χ0) is 16.3. The van der Waals surface area contributed by atoms with Crippen LogP contribution in [0.4, 0.5) is 0 Å². The Hall–Kier alpha value is -2.02. The van der Waals surface area contributed by atoms with Gasteiger partial charge in [0.25, 0.3) is 0 Å². The van der Waals surface area contributed by atoms with Crippen LogP contribution in [0.1, 0.15) is 45.6 Å². The highest BCUT2D eigenvalue weighted by molar-refractivity contribution is 5.24. The Kier molecular flexibility index (Phi) is 9.70. The van der Waals surface area contributed by atoms with Crippen molar-refractivity contribution in [2.24, 2.45) is 7.05 Å². The molecule has 0 aliphatic heterocycles. The zero-order valence-electron chi connectivity index (χ0n) is 14.2. The average Bonchev–Trinajstić information content (AvgIpc) is 2.92. The molecule has 1 unspecified atom stereocenters. The van der Waals surface area contributed by atoms with E-state index in [1.165, 1.54) is 5.56 Å². The van der Waals surface area contributed by atoms with Crippen molar-refractivity contribution in [3.05, 3.63) is 41.9 Å². The third-order valence-electron chi connectivity index (χ3n) is 2.97. The highest BCUT2D eigenvalue weighted by Gasteiger charge is 2.05. The van der Waals surface area contributed by atoms with Crippen LogP contribution in [0, 0.1) is 11.3 Å². The van der Waals surface area contributed by atoms with Gasteiger partial charge in [0.2, 0.25) is 0 Å². The molecule has 0 aliphatic carbocycles. The number of aryl methyl sites for hydroxylation is 1. The molecule has 0 fully saturated rings. The monoisotopic (exact) mass is 288 g/mol. The number of allylic oxidation sites excluding steroid dienone is 3. The second-order valence-corrected chi connectivity index (χ2v) is 4.65. The van der Waals surface area contributed by atoms with E-state index in [0.29, 0.717) is 12.5 Å². The highest BCUT2D eigenvalue weighted by atomic mass is 15.2. The molecule has 0 saturated heterocycles. The topological polar surface area (TPSA) is 44.9 Å². The molecule has 116 valence electrons. The van der Waals surface area contributed by atoms with Gasteiger partial charge in [0.15, 0.2) is 0 Å². The fraction of sp³-hybridized carbons (Fsp3) is 0.529. The van der Waals surface area contributed by atoms with Gasteiger partial charge < -0.3 is 4.90 Å². The smallest absolute Gasteiger partial charge is 0.105 e. The van der Waals surface area contributed by atoms with Gasteiger partial charge in [-0.05, 0) is 18.1 Å². The molecule has 1 rings (SSSR count). The van der Waals surface area contributed by atoms with E-state index in [1.807, 2.05) is 49.9 Å². The van der Waals surface area contributed by atoms with Crippen LogP contribution in [0.2, 0.25) is 0 Å². The average molecular weight is 288 g/mol. The number of hydrogen-bond donors (Lipinski definition) is 0. The molecule has 0 bridgehead atoms. The number of aromatic nitrogens is 2. The number of likely N-dealkylation sites (N-methyl/N-ethyl adjacent to an activating group) is 1. The van der Waals surface area contributed by atoms with E-state index in [9.17, 15) is 0 Å². The molecule has 0 aliphatic rings. The van der Waals surface area contributed by atoms with Crippen LogP contribution in [0.25, 0.3) is 0 Å². The van der Waals surface area contributed by atoms with E-state index in [-0.39, 0.29) is 0 Å². The summed E-state index contributed by atoms with van der Waals surface area (Å²) in [6, 6.07) is 2.17. The molecular formula is C17H28N4. The second kappa shape index (κ2) is 10.7. The first-order valence-corrected chi connectivity index (χ1v) is 7.53. The Morgan fingerprint density at radius 1 is 1.52 bits per heavy atom. The molecule has 4 heteroatoms. The summed E-state index contributed by atoms with van der Waals surface area (Å²) < 4.78 is 1.81. The van der Waals surface area contributed by atoms with Crippen LogP contribution in [0.3, 0.4) is 0 Å². The van der Waals surface area contributed by atoms with Crippen LogP contribution < -0.4 is 0 Å². The van der Waals surface area contributed by atoms with Crippen molar-refractivity contribution in [1.29, 1.82) is 5.26 Å². The molecule has 1 aromatic rings. The Bertz CT molecular complexity index is 491. The minimum Gasteiger partial charge on any atom is -0.362 e. The molecule has 0 aromatic carbocycles. The van der Waals surface area contributed by atoms with E-state index in [4.69, 9.17) is 5.26 Å². The third kappa shape index (κ3) is 6.80. The van der Waals surface area contributed by atoms with Crippen LogP contribution in [0.5, 0.6) is 0 Å². The summed E-state index contributed by atoms with van der Waals surface area (Å²) in [4.78, 5) is 1.95. The summed E-state index contributed by atoms with van der Waals surface area (Å²) in [5, 5.41) is 12.9. The first kappa shape index (κ1) is 19.0. The molecule has 0 amide bonds. The maximum absolute atomic E-state index is 8.76. The van der Waals surface area contributed by atoms with Crippen molar-refractivity contribution < 1.29 is 0 Å². The predicted molar refractivity (Wildman–Crippen MR) is 88.7 cm³/mol. The van der Waals surface area contributed by atoms with E-state index >= 15 is 0 Å². The highest BCUT2D eigenvalue weighted by Crippen LogP contribution is 2.17. The van der Waals surface area contributed by atoms with Crippen LogP contribution in [-0.4, -0.2) is 28.3 Å². The SMILES string of the molecule is CC.CC/C=C(\C=C/C(C)c1cnn(C)c1)N(C)CC#N. The van der Waals surface area contributed by atoms with Crippen molar-refractivity contribution in [3.63, 3.8) is 0 Å². The molecular weight excluding hydrogens is 260 g/mol. The Labute approximate surface area is 129 Å². The van der Waals surface area contributed by atoms with Gasteiger partial charge in [-0.2, -0.15) is 10.4 Å². The number of hydrogen-bond acceptors (Lipinski definition) is 3. The van der Waals surface area contributed by atoms with Gasteiger partial charge in [-0.25, -0.2) is 0 Å². The van der Waals surface area contributed by atoms with Crippen LogP contribution >= 0.6 is 0 Å². The quantitative estimate of drug-likeness (QED) is 0.590. The summed E-state index contributed by atoms with van der Waals surface area (Å²) in [6.45, 7) is 8.64. The van der Waals surface area contributed by atoms with Gasteiger partial charge in [-0.15, -0.1) is 0 Å². The number of nitriles is 1. The number of nitrogens with zero attached hydrogens (tertiary/aromatic N) is 4. The maximum atomic E-state index is 8.76. The second-order valence-electron chi connectivity index (χ2n) is 4.65. The maximum Gasteiger partial charge on any atom is 0.105 e. The molecule has 4 nitrogen and oxygen atoms in total. The molecule has 1 heterocycles. The van der Waals surface area contributed by atoms with Crippen molar-refractivity contribution in [1.82, 2.24) is 14.7 Å². The van der Waals surface area contributed by atoms with Crippen LogP contribution in [-0.2, 0) is 7.05 Å². The fourth-order valence-corrected chi connectivity index (χ4v) is 1.79. The minimum absolute atomic E-state index is 0.310. The Balaban J connectivity index is 0.00000191. The van der Waals surface area contributed by atoms with Gasteiger partial charge in [-0.1, -0.05) is 39.8 Å². The van der Waals surface area contributed by atoms with E-state index in [2.05, 4.69) is 43.2 Å². The fourth-order valence-electron chi connectivity index (χ4n) is 1.79. The molecule has 1 aromatic heterocycles. The normalized spacial score (nSPS) is 12.5. The Morgan fingerprint density at radius 3 is 2.67 bits per heavy atom. The van der Waals surface area contributed by atoms with Gasteiger partial charge in [-0.3, -0.25) is 4.68 Å². The summed E-state index contributed by atoms with van der Waals surface area (Å²) in [7, 11) is 3.85. The lowest BCUT2D eigenvalue weighted by atomic mass is 10.0. The van der Waals surface area contributed by atoms with Crippen molar-refractivity contribution in [3.8, 4) is 6.07 Å². The zero-order valence-corrected chi connectivity index (χ0v) is 14.2. The predicted octanol–water partition coefficient (Wildman–Crippen LogP) is 3.86. The number of rotatable bonds is 6. The third-order valence-corrected chi connectivity index (χ3v) is 2.97. The largest absolute Gasteiger partial charge is 0.362 e. The van der Waals surface area contributed by atoms with E-state index < -0.39 is 0 Å².